The normalized spacial score (nSPS) is 12.0. The van der Waals surface area contributed by atoms with Crippen LogP contribution < -0.4 is 15.4 Å². The smallest absolute Gasteiger partial charge is 0.249 e. The SMILES string of the molecule is CC(=O)[O-].CC1=[NH+]c2cccc3cccc(c23)N1. The van der Waals surface area contributed by atoms with Crippen molar-refractivity contribution in [2.75, 3.05) is 5.32 Å². The molecule has 2 aromatic rings. The first kappa shape index (κ1) is 12.1. The van der Waals surface area contributed by atoms with Gasteiger partial charge in [0.15, 0.2) is 0 Å². The van der Waals surface area contributed by atoms with Crippen LogP contribution in [0.4, 0.5) is 11.4 Å². The lowest BCUT2D eigenvalue weighted by Crippen LogP contribution is -2.69. The third-order valence-electron chi connectivity index (χ3n) is 2.55. The van der Waals surface area contributed by atoms with Crippen LogP contribution in [0.3, 0.4) is 0 Å². The van der Waals surface area contributed by atoms with Crippen LogP contribution in [0.25, 0.3) is 10.8 Å². The Bertz CT molecular complexity index is 623. The summed E-state index contributed by atoms with van der Waals surface area (Å²) in [6.45, 7) is 3.01. The molecule has 0 bridgehead atoms. The van der Waals surface area contributed by atoms with E-state index in [9.17, 15) is 0 Å². The molecule has 0 amide bonds. The van der Waals surface area contributed by atoms with Crippen molar-refractivity contribution in [1.29, 1.82) is 0 Å². The molecule has 0 fully saturated rings. The van der Waals surface area contributed by atoms with E-state index in [1.807, 2.05) is 6.92 Å². The summed E-state index contributed by atoms with van der Waals surface area (Å²) in [5, 5.41) is 14.8. The fourth-order valence-corrected chi connectivity index (χ4v) is 1.98. The second-order valence-corrected chi connectivity index (χ2v) is 4.08. The quantitative estimate of drug-likeness (QED) is 0.691. The fourth-order valence-electron chi connectivity index (χ4n) is 1.98. The molecule has 4 nitrogen and oxygen atoms in total. The van der Waals surface area contributed by atoms with Gasteiger partial charge in [-0.05, 0) is 24.4 Å². The van der Waals surface area contributed by atoms with Gasteiger partial charge in [-0.25, -0.2) is 10.3 Å². The highest BCUT2D eigenvalue weighted by Crippen LogP contribution is 2.28. The van der Waals surface area contributed by atoms with Crippen LogP contribution >= 0.6 is 0 Å². The first-order valence-corrected chi connectivity index (χ1v) is 5.65. The average Bonchev–Trinajstić information content (AvgIpc) is 2.28. The second-order valence-electron chi connectivity index (χ2n) is 4.08. The van der Waals surface area contributed by atoms with Crippen molar-refractivity contribution in [2.24, 2.45) is 0 Å². The van der Waals surface area contributed by atoms with Gasteiger partial charge in [-0.3, -0.25) is 0 Å². The zero-order chi connectivity index (χ0) is 13.1. The summed E-state index contributed by atoms with van der Waals surface area (Å²) in [6.07, 6.45) is 0. The summed E-state index contributed by atoms with van der Waals surface area (Å²) in [7, 11) is 0. The van der Waals surface area contributed by atoms with E-state index >= 15 is 0 Å². The van der Waals surface area contributed by atoms with Gasteiger partial charge < -0.3 is 9.90 Å². The Kier molecular flexibility index (Phi) is 3.28. The number of hydrogen-bond donors (Lipinski definition) is 2. The van der Waals surface area contributed by atoms with Gasteiger partial charge in [0, 0.05) is 12.9 Å². The predicted molar refractivity (Wildman–Crippen MR) is 69.6 cm³/mol. The fraction of sp³-hybridized carbons (Fsp3) is 0.143. The van der Waals surface area contributed by atoms with Crippen molar-refractivity contribution in [2.45, 2.75) is 13.8 Å². The van der Waals surface area contributed by atoms with Crippen molar-refractivity contribution in [3.05, 3.63) is 36.4 Å². The summed E-state index contributed by atoms with van der Waals surface area (Å²) in [5.41, 5.74) is 2.38. The molecule has 2 aromatic carbocycles. The van der Waals surface area contributed by atoms with Gasteiger partial charge in [-0.15, -0.1) is 0 Å². The van der Waals surface area contributed by atoms with Crippen LogP contribution in [-0.2, 0) is 4.79 Å². The highest BCUT2D eigenvalue weighted by Gasteiger charge is 2.16. The van der Waals surface area contributed by atoms with Gasteiger partial charge >= 0.3 is 0 Å². The maximum atomic E-state index is 8.89. The minimum atomic E-state index is -1.08. The molecule has 2 N–H and O–H groups in total. The number of nitrogens with one attached hydrogen (secondary N) is 2. The van der Waals surface area contributed by atoms with E-state index in [-0.39, 0.29) is 0 Å². The number of hydrogen-bond acceptors (Lipinski definition) is 3. The largest absolute Gasteiger partial charge is 0.550 e. The van der Waals surface area contributed by atoms with Gasteiger partial charge in [0.2, 0.25) is 5.84 Å². The maximum absolute atomic E-state index is 8.89. The molecule has 0 saturated carbocycles. The van der Waals surface area contributed by atoms with Crippen molar-refractivity contribution in [3.63, 3.8) is 0 Å². The van der Waals surface area contributed by atoms with Gasteiger partial charge in [0.05, 0.1) is 5.39 Å². The molecular formula is C14H14N2O2. The van der Waals surface area contributed by atoms with Gasteiger partial charge in [0.25, 0.3) is 0 Å². The van der Waals surface area contributed by atoms with Crippen LogP contribution in [0.2, 0.25) is 0 Å². The van der Waals surface area contributed by atoms with E-state index in [1.54, 1.807) is 0 Å². The number of benzene rings is 2. The van der Waals surface area contributed by atoms with Crippen molar-refractivity contribution < 1.29 is 14.9 Å². The first-order chi connectivity index (χ1) is 8.58. The standard InChI is InChI=1S/C12H10N2.C2H4O2/c1-8-13-10-6-2-4-9-5-3-7-11(14-8)12(9)10;1-2(3)4/h2-7H,1H3,(H,13,14);1H3,(H,3,4). The number of amidine groups is 1. The van der Waals surface area contributed by atoms with Crippen molar-refractivity contribution in [1.82, 2.24) is 0 Å². The number of anilines is 1. The molecule has 1 aliphatic heterocycles. The molecule has 0 aliphatic carbocycles. The lowest BCUT2D eigenvalue weighted by atomic mass is 10.1. The van der Waals surface area contributed by atoms with E-state index in [0.29, 0.717) is 0 Å². The van der Waals surface area contributed by atoms with Gasteiger partial charge in [-0.2, -0.15) is 0 Å². The van der Waals surface area contributed by atoms with E-state index in [4.69, 9.17) is 9.90 Å². The molecule has 0 saturated heterocycles. The van der Waals surface area contributed by atoms with E-state index < -0.39 is 5.97 Å². The van der Waals surface area contributed by atoms with E-state index in [0.717, 1.165) is 12.8 Å². The number of carbonyl (C=O) groups excluding carboxylic acids is 1. The van der Waals surface area contributed by atoms with Crippen LogP contribution in [0, 0.1) is 0 Å². The predicted octanol–water partition coefficient (Wildman–Crippen LogP) is 0.152. The van der Waals surface area contributed by atoms with Crippen molar-refractivity contribution in [3.8, 4) is 0 Å². The first-order valence-electron chi connectivity index (χ1n) is 5.65. The minimum absolute atomic E-state index is 0.972. The van der Waals surface area contributed by atoms with Crippen LogP contribution in [0.15, 0.2) is 36.4 Å². The Morgan fingerprint density at radius 2 is 1.83 bits per heavy atom. The number of carbonyl (C=O) groups is 1. The molecule has 1 aliphatic rings. The summed E-state index contributed by atoms with van der Waals surface area (Å²) in [4.78, 5) is 12.2. The van der Waals surface area contributed by atoms with Crippen LogP contribution in [-0.4, -0.2) is 11.8 Å². The maximum Gasteiger partial charge on any atom is 0.249 e. The monoisotopic (exact) mass is 242 g/mol. The van der Waals surface area contributed by atoms with Crippen LogP contribution in [0.5, 0.6) is 0 Å². The molecule has 18 heavy (non-hydrogen) atoms. The molecule has 3 rings (SSSR count). The average molecular weight is 242 g/mol. The van der Waals surface area contributed by atoms with E-state index in [1.165, 1.54) is 22.1 Å². The third kappa shape index (κ3) is 2.48. The molecule has 4 heteroatoms. The molecular weight excluding hydrogens is 228 g/mol. The van der Waals surface area contributed by atoms with Gasteiger partial charge in [0.1, 0.15) is 11.4 Å². The zero-order valence-corrected chi connectivity index (χ0v) is 10.3. The highest BCUT2D eigenvalue weighted by molar-refractivity contribution is 6.08. The molecule has 0 radical (unpaired) electrons. The molecule has 92 valence electrons. The molecule has 0 spiro atoms. The molecule has 0 aromatic heterocycles. The molecule has 1 heterocycles. The summed E-state index contributed by atoms with van der Waals surface area (Å²) in [6, 6.07) is 12.6. The van der Waals surface area contributed by atoms with Crippen LogP contribution in [0.1, 0.15) is 13.8 Å². The summed E-state index contributed by atoms with van der Waals surface area (Å²) in [5.74, 6) is -0.00352. The third-order valence-corrected chi connectivity index (χ3v) is 2.55. The molecule has 0 unspecified atom stereocenters. The number of aliphatic carboxylic acids is 1. The Balaban J connectivity index is 0.000000267. The lowest BCUT2D eigenvalue weighted by Gasteiger charge is -2.10. The molecule has 0 atom stereocenters. The lowest BCUT2D eigenvalue weighted by molar-refractivity contribution is -0.352. The Labute approximate surface area is 105 Å². The van der Waals surface area contributed by atoms with Crippen molar-refractivity contribution >= 4 is 34.0 Å². The Hall–Kier alpha value is -2.36. The number of rotatable bonds is 0. The Morgan fingerprint density at radius 1 is 1.22 bits per heavy atom. The number of carboxylic acids is 1. The highest BCUT2D eigenvalue weighted by atomic mass is 16.4. The van der Waals surface area contributed by atoms with Gasteiger partial charge in [-0.1, -0.05) is 24.3 Å². The Morgan fingerprint density at radius 3 is 2.50 bits per heavy atom. The summed E-state index contributed by atoms with van der Waals surface area (Å²) >= 11 is 0. The topological polar surface area (TPSA) is 66.1 Å². The minimum Gasteiger partial charge on any atom is -0.550 e. The summed E-state index contributed by atoms with van der Waals surface area (Å²) < 4.78 is 0. The zero-order valence-electron chi connectivity index (χ0n) is 10.3. The van der Waals surface area contributed by atoms with E-state index in [2.05, 4.69) is 46.7 Å². The number of carboxylic acid groups (broad SMARTS) is 1. The second kappa shape index (κ2) is 4.87.